The molecule has 1 aromatic rings. The third-order valence-electron chi connectivity index (χ3n) is 3.40. The third-order valence-corrected chi connectivity index (χ3v) is 5.11. The SMILES string of the molecule is C[Si](C)(C)CCOC(=O)[C@@H](CCOc1ccc([N+](=O)[O-])cc1)C(=O)O. The number of hydrogen-bond acceptors (Lipinski definition) is 6. The first-order valence-corrected chi connectivity index (χ1v) is 11.6. The molecule has 8 nitrogen and oxygen atoms in total. The van der Waals surface area contributed by atoms with Crippen molar-refractivity contribution in [3.8, 4) is 5.75 Å². The van der Waals surface area contributed by atoms with Crippen LogP contribution in [0, 0.1) is 16.0 Å². The number of benzene rings is 1. The summed E-state index contributed by atoms with van der Waals surface area (Å²) in [4.78, 5) is 33.2. The number of hydrogen-bond donors (Lipinski definition) is 1. The Balaban J connectivity index is 2.48. The van der Waals surface area contributed by atoms with Crippen LogP contribution >= 0.6 is 0 Å². The highest BCUT2D eigenvalue weighted by atomic mass is 28.3. The minimum atomic E-state index is -1.37. The summed E-state index contributed by atoms with van der Waals surface area (Å²) in [5.74, 6) is -2.95. The molecular formula is C16H23NO7Si. The molecule has 0 amide bonds. The van der Waals surface area contributed by atoms with Gasteiger partial charge < -0.3 is 14.6 Å². The Morgan fingerprint density at radius 2 is 1.80 bits per heavy atom. The average molecular weight is 369 g/mol. The molecule has 1 rings (SSSR count). The predicted molar refractivity (Wildman–Crippen MR) is 93.4 cm³/mol. The standard InChI is InChI=1S/C16H23NO7Si/c1-25(2,3)11-10-24-16(20)14(15(18)19)8-9-23-13-6-4-12(5-7-13)17(21)22/h4-7,14H,8-11H2,1-3H3,(H,18,19)/t14-/m0/s1. The van der Waals surface area contributed by atoms with Crippen LogP contribution in [0.4, 0.5) is 5.69 Å². The summed E-state index contributed by atoms with van der Waals surface area (Å²) < 4.78 is 10.4. The van der Waals surface area contributed by atoms with Crippen LogP contribution in [0.15, 0.2) is 24.3 Å². The average Bonchev–Trinajstić information content (AvgIpc) is 2.50. The van der Waals surface area contributed by atoms with Gasteiger partial charge >= 0.3 is 11.9 Å². The molecular weight excluding hydrogens is 346 g/mol. The maximum Gasteiger partial charge on any atom is 0.320 e. The van der Waals surface area contributed by atoms with Gasteiger partial charge in [0, 0.05) is 26.6 Å². The predicted octanol–water partition coefficient (Wildman–Crippen LogP) is 2.95. The number of nitro benzene ring substituents is 1. The van der Waals surface area contributed by atoms with Crippen molar-refractivity contribution in [2.45, 2.75) is 32.1 Å². The molecule has 1 aromatic carbocycles. The quantitative estimate of drug-likeness (QED) is 0.221. The van der Waals surface area contributed by atoms with Crippen molar-refractivity contribution in [2.24, 2.45) is 5.92 Å². The van der Waals surface area contributed by atoms with Gasteiger partial charge in [-0.3, -0.25) is 19.7 Å². The summed E-state index contributed by atoms with van der Waals surface area (Å²) >= 11 is 0. The minimum absolute atomic E-state index is 0.0160. The van der Waals surface area contributed by atoms with Gasteiger partial charge in [0.1, 0.15) is 5.75 Å². The number of nitro groups is 1. The van der Waals surface area contributed by atoms with Gasteiger partial charge in [-0.25, -0.2) is 0 Å². The van der Waals surface area contributed by atoms with Gasteiger partial charge in [0.2, 0.25) is 0 Å². The van der Waals surface area contributed by atoms with Gasteiger partial charge in [-0.15, -0.1) is 0 Å². The number of carboxylic acid groups (broad SMARTS) is 1. The highest BCUT2D eigenvalue weighted by molar-refractivity contribution is 6.76. The number of nitrogens with zero attached hydrogens (tertiary/aromatic N) is 1. The van der Waals surface area contributed by atoms with E-state index in [1.165, 1.54) is 24.3 Å². The van der Waals surface area contributed by atoms with Crippen LogP contribution in [-0.2, 0) is 14.3 Å². The number of carbonyl (C=O) groups is 2. The first kappa shape index (κ1) is 20.6. The molecule has 0 fully saturated rings. The van der Waals surface area contributed by atoms with Crippen LogP contribution in [0.3, 0.4) is 0 Å². The zero-order valence-corrected chi connectivity index (χ0v) is 15.6. The van der Waals surface area contributed by atoms with E-state index < -0.39 is 30.9 Å². The lowest BCUT2D eigenvalue weighted by atomic mass is 10.1. The van der Waals surface area contributed by atoms with Crippen molar-refractivity contribution in [1.82, 2.24) is 0 Å². The summed E-state index contributed by atoms with van der Waals surface area (Å²) in [7, 11) is -1.37. The van der Waals surface area contributed by atoms with Crippen LogP contribution < -0.4 is 4.74 Å². The highest BCUT2D eigenvalue weighted by Crippen LogP contribution is 2.18. The van der Waals surface area contributed by atoms with Gasteiger partial charge in [0.25, 0.3) is 5.69 Å². The van der Waals surface area contributed by atoms with Gasteiger partial charge in [-0.05, 0) is 18.2 Å². The molecule has 25 heavy (non-hydrogen) atoms. The summed E-state index contributed by atoms with van der Waals surface area (Å²) in [6.45, 7) is 6.61. The lowest BCUT2D eigenvalue weighted by molar-refractivity contribution is -0.384. The summed E-state index contributed by atoms with van der Waals surface area (Å²) in [5, 5.41) is 19.7. The molecule has 0 aliphatic carbocycles. The lowest BCUT2D eigenvalue weighted by Gasteiger charge is -2.17. The van der Waals surface area contributed by atoms with E-state index in [4.69, 9.17) is 9.47 Å². The van der Waals surface area contributed by atoms with Crippen molar-refractivity contribution in [2.75, 3.05) is 13.2 Å². The van der Waals surface area contributed by atoms with Crippen LogP contribution in [0.5, 0.6) is 5.75 Å². The normalized spacial score (nSPS) is 12.3. The molecule has 138 valence electrons. The zero-order valence-electron chi connectivity index (χ0n) is 14.6. The number of rotatable bonds is 10. The molecule has 0 radical (unpaired) electrons. The second-order valence-electron chi connectivity index (χ2n) is 6.76. The van der Waals surface area contributed by atoms with Crippen molar-refractivity contribution < 1.29 is 29.1 Å². The smallest absolute Gasteiger partial charge is 0.320 e. The third kappa shape index (κ3) is 7.79. The molecule has 1 atom stereocenters. The number of carbonyl (C=O) groups excluding carboxylic acids is 1. The number of non-ortho nitro benzene ring substituents is 1. The van der Waals surface area contributed by atoms with Crippen molar-refractivity contribution >= 4 is 25.7 Å². The van der Waals surface area contributed by atoms with Crippen LogP contribution in [0.1, 0.15) is 6.42 Å². The Bertz CT molecular complexity index is 610. The van der Waals surface area contributed by atoms with Gasteiger partial charge in [-0.2, -0.15) is 0 Å². The molecule has 0 bridgehead atoms. The van der Waals surface area contributed by atoms with Crippen LogP contribution in [-0.4, -0.2) is 43.3 Å². The Kier molecular flexibility index (Phi) is 7.56. The molecule has 0 spiro atoms. The number of esters is 1. The van der Waals surface area contributed by atoms with Gasteiger partial charge in [0.15, 0.2) is 5.92 Å². The number of carboxylic acids is 1. The van der Waals surface area contributed by atoms with Crippen molar-refractivity contribution in [3.63, 3.8) is 0 Å². The van der Waals surface area contributed by atoms with E-state index in [1.54, 1.807) is 0 Å². The minimum Gasteiger partial charge on any atom is -0.494 e. The van der Waals surface area contributed by atoms with Crippen LogP contribution in [0.25, 0.3) is 0 Å². The molecule has 0 saturated carbocycles. The summed E-state index contributed by atoms with van der Waals surface area (Å²) in [6, 6.07) is 6.17. The van der Waals surface area contributed by atoms with E-state index in [0.29, 0.717) is 5.75 Å². The van der Waals surface area contributed by atoms with E-state index in [0.717, 1.165) is 6.04 Å². The van der Waals surface area contributed by atoms with E-state index >= 15 is 0 Å². The Labute approximate surface area is 146 Å². The highest BCUT2D eigenvalue weighted by Gasteiger charge is 2.28. The monoisotopic (exact) mass is 369 g/mol. The molecule has 9 heteroatoms. The molecule has 0 aliphatic heterocycles. The van der Waals surface area contributed by atoms with Crippen molar-refractivity contribution in [1.29, 1.82) is 0 Å². The Hall–Kier alpha value is -2.42. The van der Waals surface area contributed by atoms with E-state index in [9.17, 15) is 24.8 Å². The second kappa shape index (κ2) is 9.16. The number of aliphatic carboxylic acids is 1. The van der Waals surface area contributed by atoms with Gasteiger partial charge in [0.05, 0.1) is 18.1 Å². The molecule has 0 saturated heterocycles. The first-order chi connectivity index (χ1) is 11.6. The fourth-order valence-corrected chi connectivity index (χ4v) is 2.57. The zero-order chi connectivity index (χ0) is 19.0. The van der Waals surface area contributed by atoms with E-state index in [1.807, 2.05) is 0 Å². The summed E-state index contributed by atoms with van der Waals surface area (Å²) in [5.41, 5.74) is -0.0678. The van der Waals surface area contributed by atoms with E-state index in [2.05, 4.69) is 19.6 Å². The lowest BCUT2D eigenvalue weighted by Crippen LogP contribution is -2.29. The second-order valence-corrected chi connectivity index (χ2v) is 12.4. The first-order valence-electron chi connectivity index (χ1n) is 7.87. The molecule has 1 N–H and O–H groups in total. The molecule has 0 unspecified atom stereocenters. The Morgan fingerprint density at radius 1 is 1.20 bits per heavy atom. The molecule has 0 aromatic heterocycles. The van der Waals surface area contributed by atoms with Gasteiger partial charge in [-0.1, -0.05) is 19.6 Å². The fraction of sp³-hybridized carbons (Fsp3) is 0.500. The largest absolute Gasteiger partial charge is 0.494 e. The maximum absolute atomic E-state index is 11.9. The van der Waals surface area contributed by atoms with E-state index in [-0.39, 0.29) is 25.3 Å². The molecule has 0 aliphatic rings. The Morgan fingerprint density at radius 3 is 2.28 bits per heavy atom. The maximum atomic E-state index is 11.9. The van der Waals surface area contributed by atoms with Crippen LogP contribution in [0.2, 0.25) is 25.7 Å². The topological polar surface area (TPSA) is 116 Å². The molecule has 0 heterocycles. The summed E-state index contributed by atoms with van der Waals surface area (Å²) in [6.07, 6.45) is -0.0436. The number of ether oxygens (including phenoxy) is 2. The van der Waals surface area contributed by atoms with Crippen molar-refractivity contribution in [3.05, 3.63) is 34.4 Å². The fourth-order valence-electron chi connectivity index (χ4n) is 1.86.